The Morgan fingerprint density at radius 1 is 1.29 bits per heavy atom. The summed E-state index contributed by atoms with van der Waals surface area (Å²) in [6.45, 7) is 6.03. The first-order valence-electron chi connectivity index (χ1n) is 8.56. The molecule has 24 heavy (non-hydrogen) atoms. The fourth-order valence-corrected chi connectivity index (χ4v) is 4.83. The van der Waals surface area contributed by atoms with Gasteiger partial charge in [0.2, 0.25) is 0 Å². The average Bonchev–Trinajstić information content (AvgIpc) is 2.93. The van der Waals surface area contributed by atoms with E-state index in [9.17, 15) is 13.2 Å². The molecule has 1 fully saturated rings. The Bertz CT molecular complexity index is 669. The van der Waals surface area contributed by atoms with E-state index < -0.39 is 9.84 Å². The minimum atomic E-state index is -3.01. The third-order valence-electron chi connectivity index (χ3n) is 4.38. The van der Waals surface area contributed by atoms with Crippen LogP contribution in [0.25, 0.3) is 0 Å². The summed E-state index contributed by atoms with van der Waals surface area (Å²) in [5.74, 6) is 0.883. The molecule has 1 amide bonds. The molecular weight excluding hydrogens is 326 g/mol. The van der Waals surface area contributed by atoms with Crippen LogP contribution in [0, 0.1) is 0 Å². The SMILES string of the molecule is CCCN(CCC)c1cc(C(=O)N(C)C2CCS(=O)(=O)C2)ccn1. The molecule has 0 aliphatic carbocycles. The number of sulfone groups is 1. The van der Waals surface area contributed by atoms with E-state index in [1.165, 1.54) is 0 Å². The molecule has 1 aliphatic heterocycles. The van der Waals surface area contributed by atoms with E-state index >= 15 is 0 Å². The van der Waals surface area contributed by atoms with Crippen LogP contribution in [0.5, 0.6) is 0 Å². The van der Waals surface area contributed by atoms with E-state index in [0.29, 0.717) is 12.0 Å². The predicted molar refractivity (Wildman–Crippen MR) is 96.2 cm³/mol. The smallest absolute Gasteiger partial charge is 0.254 e. The number of nitrogens with zero attached hydrogens (tertiary/aromatic N) is 3. The van der Waals surface area contributed by atoms with Crippen LogP contribution in [0.4, 0.5) is 5.82 Å². The Balaban J connectivity index is 2.16. The summed E-state index contributed by atoms with van der Waals surface area (Å²) in [6, 6.07) is 3.27. The molecule has 1 aromatic heterocycles. The topological polar surface area (TPSA) is 70.6 Å². The van der Waals surface area contributed by atoms with Crippen molar-refractivity contribution in [2.75, 3.05) is 36.5 Å². The van der Waals surface area contributed by atoms with Crippen molar-refractivity contribution in [2.24, 2.45) is 0 Å². The second kappa shape index (κ2) is 7.96. The molecule has 0 spiro atoms. The molecule has 1 saturated heterocycles. The second-order valence-electron chi connectivity index (χ2n) is 6.36. The number of anilines is 1. The van der Waals surface area contributed by atoms with Crippen molar-refractivity contribution in [2.45, 2.75) is 39.2 Å². The lowest BCUT2D eigenvalue weighted by atomic mass is 10.1. The molecule has 0 bridgehead atoms. The van der Waals surface area contributed by atoms with E-state index in [4.69, 9.17) is 0 Å². The van der Waals surface area contributed by atoms with E-state index in [1.807, 2.05) is 6.07 Å². The third-order valence-corrected chi connectivity index (χ3v) is 6.13. The third kappa shape index (κ3) is 4.47. The van der Waals surface area contributed by atoms with Gasteiger partial charge in [-0.25, -0.2) is 13.4 Å². The fourth-order valence-electron chi connectivity index (χ4n) is 3.06. The fraction of sp³-hybridized carbons (Fsp3) is 0.647. The molecule has 1 aliphatic rings. The van der Waals surface area contributed by atoms with Crippen molar-refractivity contribution >= 4 is 21.6 Å². The summed E-state index contributed by atoms with van der Waals surface area (Å²) in [4.78, 5) is 20.9. The highest BCUT2D eigenvalue weighted by Crippen LogP contribution is 2.20. The Labute approximate surface area is 144 Å². The summed E-state index contributed by atoms with van der Waals surface area (Å²) in [6.07, 6.45) is 4.19. The Hall–Kier alpha value is -1.63. The van der Waals surface area contributed by atoms with Gasteiger partial charge in [0.25, 0.3) is 5.91 Å². The van der Waals surface area contributed by atoms with Crippen LogP contribution in [0.3, 0.4) is 0 Å². The minimum absolute atomic E-state index is 0.0605. The lowest BCUT2D eigenvalue weighted by Gasteiger charge is -2.25. The molecule has 0 saturated carbocycles. The maximum Gasteiger partial charge on any atom is 0.254 e. The number of pyridine rings is 1. The van der Waals surface area contributed by atoms with Gasteiger partial charge < -0.3 is 9.80 Å². The first-order valence-corrected chi connectivity index (χ1v) is 10.4. The van der Waals surface area contributed by atoms with Crippen LogP contribution in [-0.4, -0.2) is 61.9 Å². The quantitative estimate of drug-likeness (QED) is 0.749. The van der Waals surface area contributed by atoms with Crippen LogP contribution >= 0.6 is 0 Å². The molecule has 134 valence electrons. The Morgan fingerprint density at radius 3 is 2.50 bits per heavy atom. The number of carbonyl (C=O) groups excluding carboxylic acids is 1. The summed E-state index contributed by atoms with van der Waals surface area (Å²) in [5, 5.41) is 0. The highest BCUT2D eigenvalue weighted by molar-refractivity contribution is 7.91. The van der Waals surface area contributed by atoms with Gasteiger partial charge in [-0.2, -0.15) is 0 Å². The zero-order valence-corrected chi connectivity index (χ0v) is 15.6. The van der Waals surface area contributed by atoms with Gasteiger partial charge in [0, 0.05) is 37.9 Å². The predicted octanol–water partition coefficient (Wildman–Crippen LogP) is 1.97. The molecule has 1 unspecified atom stereocenters. The molecule has 0 aromatic carbocycles. The minimum Gasteiger partial charge on any atom is -0.357 e. The van der Waals surface area contributed by atoms with Crippen molar-refractivity contribution in [3.8, 4) is 0 Å². The van der Waals surface area contributed by atoms with Crippen LogP contribution in [0.15, 0.2) is 18.3 Å². The molecular formula is C17H27N3O3S. The van der Waals surface area contributed by atoms with Gasteiger partial charge in [0.05, 0.1) is 11.5 Å². The summed E-state index contributed by atoms with van der Waals surface area (Å²) in [5.41, 5.74) is 0.559. The standard InChI is InChI=1S/C17H27N3O3S/c1-4-9-20(10-5-2)16-12-14(6-8-18-16)17(21)19(3)15-7-11-24(22,23)13-15/h6,8,12,15H,4-5,7,9-11,13H2,1-3H3. The van der Waals surface area contributed by atoms with Gasteiger partial charge >= 0.3 is 0 Å². The number of hydrogen-bond donors (Lipinski definition) is 0. The van der Waals surface area contributed by atoms with Gasteiger partial charge in [0.1, 0.15) is 5.82 Å². The van der Waals surface area contributed by atoms with E-state index in [2.05, 4.69) is 23.7 Å². The number of carbonyl (C=O) groups is 1. The van der Waals surface area contributed by atoms with Crippen LogP contribution in [0.2, 0.25) is 0 Å². The molecule has 0 N–H and O–H groups in total. The Morgan fingerprint density at radius 2 is 1.96 bits per heavy atom. The van der Waals surface area contributed by atoms with Gasteiger partial charge in [-0.3, -0.25) is 4.79 Å². The van der Waals surface area contributed by atoms with Gasteiger partial charge in [0.15, 0.2) is 9.84 Å². The second-order valence-corrected chi connectivity index (χ2v) is 8.59. The van der Waals surface area contributed by atoms with Gasteiger partial charge in [-0.1, -0.05) is 13.8 Å². The normalized spacial score (nSPS) is 19.2. The zero-order chi connectivity index (χ0) is 17.7. The number of rotatable bonds is 7. The van der Waals surface area contributed by atoms with E-state index in [1.54, 1.807) is 24.2 Å². The highest BCUT2D eigenvalue weighted by Gasteiger charge is 2.33. The molecule has 0 radical (unpaired) electrons. The van der Waals surface area contributed by atoms with Crippen molar-refractivity contribution < 1.29 is 13.2 Å². The van der Waals surface area contributed by atoms with E-state index in [-0.39, 0.29) is 23.5 Å². The first kappa shape index (κ1) is 18.7. The van der Waals surface area contributed by atoms with Gasteiger partial charge in [-0.05, 0) is 31.4 Å². The molecule has 2 rings (SSSR count). The summed E-state index contributed by atoms with van der Waals surface area (Å²) in [7, 11) is -1.32. The molecule has 1 atom stereocenters. The number of amides is 1. The Kier molecular flexibility index (Phi) is 6.21. The van der Waals surface area contributed by atoms with E-state index in [0.717, 1.165) is 31.7 Å². The zero-order valence-electron chi connectivity index (χ0n) is 14.7. The number of aromatic nitrogens is 1. The van der Waals surface area contributed by atoms with Crippen molar-refractivity contribution in [3.63, 3.8) is 0 Å². The molecule has 1 aromatic rings. The van der Waals surface area contributed by atoms with Crippen LogP contribution < -0.4 is 4.90 Å². The van der Waals surface area contributed by atoms with Gasteiger partial charge in [-0.15, -0.1) is 0 Å². The largest absolute Gasteiger partial charge is 0.357 e. The summed E-state index contributed by atoms with van der Waals surface area (Å²) < 4.78 is 23.3. The number of hydrogen-bond acceptors (Lipinski definition) is 5. The molecule has 7 heteroatoms. The van der Waals surface area contributed by atoms with Crippen LogP contribution in [0.1, 0.15) is 43.5 Å². The maximum absolute atomic E-state index is 12.7. The highest BCUT2D eigenvalue weighted by atomic mass is 32.2. The monoisotopic (exact) mass is 353 g/mol. The van der Waals surface area contributed by atoms with Crippen molar-refractivity contribution in [1.29, 1.82) is 0 Å². The molecule has 2 heterocycles. The van der Waals surface area contributed by atoms with Crippen LogP contribution in [-0.2, 0) is 9.84 Å². The van der Waals surface area contributed by atoms with Crippen molar-refractivity contribution in [3.05, 3.63) is 23.9 Å². The summed E-state index contributed by atoms with van der Waals surface area (Å²) >= 11 is 0. The molecule has 6 nitrogen and oxygen atoms in total. The maximum atomic E-state index is 12.7. The van der Waals surface area contributed by atoms with Crippen molar-refractivity contribution in [1.82, 2.24) is 9.88 Å². The first-order chi connectivity index (χ1) is 11.4. The lowest BCUT2D eigenvalue weighted by molar-refractivity contribution is 0.0747. The lowest BCUT2D eigenvalue weighted by Crippen LogP contribution is -2.38. The average molecular weight is 353 g/mol.